The van der Waals surface area contributed by atoms with Gasteiger partial charge >= 0.3 is 0 Å². The molecule has 0 aromatic heterocycles. The van der Waals surface area contributed by atoms with Gasteiger partial charge in [0.2, 0.25) is 5.91 Å². The molecule has 6 rings (SSSR count). The predicted octanol–water partition coefficient (Wildman–Crippen LogP) is 3.73. The van der Waals surface area contributed by atoms with Crippen LogP contribution in [0.5, 0.6) is 0 Å². The summed E-state index contributed by atoms with van der Waals surface area (Å²) in [5, 5.41) is 0. The van der Waals surface area contributed by atoms with Crippen LogP contribution in [0, 0.1) is 11.7 Å². The molecule has 3 nitrogen and oxygen atoms in total. The van der Waals surface area contributed by atoms with E-state index in [1.807, 2.05) is 12.1 Å². The number of hydrogen-bond acceptors (Lipinski definition) is 2. The Hall–Kier alpha value is -2.20. The van der Waals surface area contributed by atoms with Gasteiger partial charge in [0.1, 0.15) is 11.4 Å². The van der Waals surface area contributed by atoms with Crippen LogP contribution >= 0.6 is 0 Å². The van der Waals surface area contributed by atoms with E-state index in [9.17, 15) is 9.18 Å². The molecule has 1 amide bonds. The number of benzene rings is 2. The van der Waals surface area contributed by atoms with E-state index < -0.39 is 0 Å². The van der Waals surface area contributed by atoms with Gasteiger partial charge in [-0.05, 0) is 55.8 Å². The molecule has 3 heterocycles. The number of halogens is 1. The molecule has 0 unspecified atom stereocenters. The van der Waals surface area contributed by atoms with Crippen LogP contribution in [0.3, 0.4) is 0 Å². The van der Waals surface area contributed by atoms with E-state index in [1.54, 1.807) is 12.1 Å². The molecule has 1 spiro atoms. The maximum Gasteiger partial charge on any atom is 0.243 e. The summed E-state index contributed by atoms with van der Waals surface area (Å²) in [4.78, 5) is 18.3. The van der Waals surface area contributed by atoms with Crippen molar-refractivity contribution in [1.29, 1.82) is 0 Å². The highest BCUT2D eigenvalue weighted by Gasteiger charge is 2.66. The highest BCUT2D eigenvalue weighted by Crippen LogP contribution is 2.56. The van der Waals surface area contributed by atoms with Crippen molar-refractivity contribution in [2.45, 2.75) is 49.7 Å². The van der Waals surface area contributed by atoms with Gasteiger partial charge in [-0.2, -0.15) is 0 Å². The summed E-state index contributed by atoms with van der Waals surface area (Å²) in [7, 11) is 0. The Morgan fingerprint density at radius 3 is 2.46 bits per heavy atom. The Morgan fingerprint density at radius 1 is 1.00 bits per heavy atom. The summed E-state index contributed by atoms with van der Waals surface area (Å²) in [6.45, 7) is 1.74. The van der Waals surface area contributed by atoms with Crippen LogP contribution < -0.4 is 0 Å². The molecule has 2 aromatic rings. The van der Waals surface area contributed by atoms with Crippen molar-refractivity contribution in [2.75, 3.05) is 13.1 Å². The highest BCUT2D eigenvalue weighted by atomic mass is 19.1. The van der Waals surface area contributed by atoms with Gasteiger partial charge in [0, 0.05) is 30.1 Å². The van der Waals surface area contributed by atoms with Crippen molar-refractivity contribution < 1.29 is 9.18 Å². The minimum Gasteiger partial charge on any atom is -0.337 e. The summed E-state index contributed by atoms with van der Waals surface area (Å²) in [6.07, 6.45) is 4.80. The summed E-state index contributed by atoms with van der Waals surface area (Å²) in [6, 6.07) is 16.0. The number of amides is 1. The van der Waals surface area contributed by atoms with Gasteiger partial charge in [0.05, 0.1) is 0 Å². The van der Waals surface area contributed by atoms with Gasteiger partial charge in [-0.15, -0.1) is 0 Å². The van der Waals surface area contributed by atoms with Gasteiger partial charge in [-0.3, -0.25) is 9.69 Å². The summed E-state index contributed by atoms with van der Waals surface area (Å²) < 4.78 is 14.5. The molecule has 2 aromatic carbocycles. The van der Waals surface area contributed by atoms with Gasteiger partial charge < -0.3 is 4.90 Å². The molecular weight excluding hydrogens is 351 g/mol. The molecule has 0 N–H and O–H groups in total. The fourth-order valence-corrected chi connectivity index (χ4v) is 6.64. The molecule has 3 aliphatic heterocycles. The second kappa shape index (κ2) is 5.90. The predicted molar refractivity (Wildman–Crippen MR) is 105 cm³/mol. The summed E-state index contributed by atoms with van der Waals surface area (Å²) >= 11 is 0. The second-order valence-corrected chi connectivity index (χ2v) is 8.98. The lowest BCUT2D eigenvalue weighted by atomic mass is 9.85. The lowest BCUT2D eigenvalue weighted by Crippen LogP contribution is -2.51. The summed E-state index contributed by atoms with van der Waals surface area (Å²) in [5.74, 6) is 0.493. The van der Waals surface area contributed by atoms with Crippen molar-refractivity contribution in [3.05, 3.63) is 71.0 Å². The van der Waals surface area contributed by atoms with E-state index >= 15 is 0 Å². The van der Waals surface area contributed by atoms with Crippen LogP contribution in [0.25, 0.3) is 0 Å². The molecule has 0 bridgehead atoms. The second-order valence-electron chi connectivity index (χ2n) is 8.98. The molecule has 1 aliphatic carbocycles. The van der Waals surface area contributed by atoms with Crippen molar-refractivity contribution in [3.8, 4) is 0 Å². The maximum absolute atomic E-state index is 14.5. The Bertz CT molecular complexity index is 934. The zero-order valence-corrected chi connectivity index (χ0v) is 16.0. The number of hydrogen-bond donors (Lipinski definition) is 0. The molecule has 0 saturated carbocycles. The van der Waals surface area contributed by atoms with E-state index in [0.29, 0.717) is 17.9 Å². The first-order chi connectivity index (χ1) is 13.7. The molecule has 4 heteroatoms. The lowest BCUT2D eigenvalue weighted by molar-refractivity contribution is -0.138. The van der Waals surface area contributed by atoms with Crippen molar-refractivity contribution in [1.82, 2.24) is 9.80 Å². The number of carbonyl (C=O) groups excluding carboxylic acids is 1. The zero-order chi connectivity index (χ0) is 18.9. The zero-order valence-electron chi connectivity index (χ0n) is 16.0. The van der Waals surface area contributed by atoms with Crippen molar-refractivity contribution in [2.24, 2.45) is 5.92 Å². The van der Waals surface area contributed by atoms with E-state index in [4.69, 9.17) is 0 Å². The van der Waals surface area contributed by atoms with E-state index in [1.165, 1.54) is 11.1 Å². The molecular formula is C24H25FN2O. The average molecular weight is 376 g/mol. The van der Waals surface area contributed by atoms with Gasteiger partial charge in [0.15, 0.2) is 0 Å². The van der Waals surface area contributed by atoms with Gasteiger partial charge in [-0.1, -0.05) is 42.5 Å². The Labute approximate surface area is 165 Å². The van der Waals surface area contributed by atoms with E-state index in [2.05, 4.69) is 34.1 Å². The quantitative estimate of drug-likeness (QED) is 0.797. The first-order valence-corrected chi connectivity index (χ1v) is 10.6. The van der Waals surface area contributed by atoms with Crippen LogP contribution in [0.4, 0.5) is 4.39 Å². The molecule has 0 radical (unpaired) electrons. The molecule has 3 atom stereocenters. The number of nitrogens with zero attached hydrogens (tertiary/aromatic N) is 2. The summed E-state index contributed by atoms with van der Waals surface area (Å²) in [5.41, 5.74) is 3.16. The Kier molecular flexibility index (Phi) is 3.52. The minimum atomic E-state index is -0.387. The Morgan fingerprint density at radius 2 is 1.71 bits per heavy atom. The normalized spacial score (nSPS) is 32.0. The number of carbonyl (C=O) groups is 1. The number of fused-ring (bicyclic) bond motifs is 1. The Balaban J connectivity index is 1.31. The molecule has 144 valence electrons. The third-order valence-corrected chi connectivity index (χ3v) is 7.81. The first kappa shape index (κ1) is 16.7. The highest BCUT2D eigenvalue weighted by molar-refractivity contribution is 5.90. The smallest absolute Gasteiger partial charge is 0.243 e. The standard InChI is InChI=1S/C24H25FN2O/c25-21-9-4-3-8-20(21)22-14-18-15-26(23(28)24(18)10-5-11-27(22)24)19-12-16-6-1-2-7-17(16)13-19/h1-4,6-9,18-19,22H,5,10-15H2/t18-,22-,24-/m0/s1. The van der Waals surface area contributed by atoms with Crippen LogP contribution in [-0.4, -0.2) is 40.4 Å². The van der Waals surface area contributed by atoms with E-state index in [0.717, 1.165) is 50.8 Å². The topological polar surface area (TPSA) is 23.6 Å². The maximum atomic E-state index is 14.5. The average Bonchev–Trinajstić information content (AvgIpc) is 3.43. The molecule has 4 aliphatic rings. The van der Waals surface area contributed by atoms with Crippen LogP contribution in [0.2, 0.25) is 0 Å². The SMILES string of the molecule is O=C1N(C2Cc3ccccc3C2)C[C@@H]2C[C@@H](c3ccccc3F)N3CCC[C@@]123. The first-order valence-electron chi connectivity index (χ1n) is 10.6. The molecule has 3 fully saturated rings. The van der Waals surface area contributed by atoms with Crippen LogP contribution in [0.15, 0.2) is 48.5 Å². The molecule has 3 saturated heterocycles. The number of rotatable bonds is 2. The molecule has 28 heavy (non-hydrogen) atoms. The largest absolute Gasteiger partial charge is 0.337 e. The minimum absolute atomic E-state index is 0.0422. The van der Waals surface area contributed by atoms with Gasteiger partial charge in [-0.25, -0.2) is 4.39 Å². The lowest BCUT2D eigenvalue weighted by Gasteiger charge is -2.35. The van der Waals surface area contributed by atoms with Crippen molar-refractivity contribution >= 4 is 5.91 Å². The third kappa shape index (κ3) is 2.10. The van der Waals surface area contributed by atoms with Gasteiger partial charge in [0.25, 0.3) is 0 Å². The number of likely N-dealkylation sites (tertiary alicyclic amines) is 1. The monoisotopic (exact) mass is 376 g/mol. The third-order valence-electron chi connectivity index (χ3n) is 7.81. The van der Waals surface area contributed by atoms with Crippen LogP contribution in [-0.2, 0) is 17.6 Å². The van der Waals surface area contributed by atoms with Crippen molar-refractivity contribution in [3.63, 3.8) is 0 Å². The fourth-order valence-electron chi connectivity index (χ4n) is 6.64. The fraction of sp³-hybridized carbons (Fsp3) is 0.458. The van der Waals surface area contributed by atoms with Crippen LogP contribution in [0.1, 0.15) is 42.0 Å². The van der Waals surface area contributed by atoms with E-state index in [-0.39, 0.29) is 17.4 Å².